The molecule has 0 aliphatic heterocycles. The van der Waals surface area contributed by atoms with Crippen molar-refractivity contribution in [1.29, 1.82) is 0 Å². The third kappa shape index (κ3) is 3.37. The number of furan rings is 1. The summed E-state index contributed by atoms with van der Waals surface area (Å²) < 4.78 is 7.44. The zero-order valence-electron chi connectivity index (χ0n) is 11.2. The minimum absolute atomic E-state index is 0.126. The molecule has 0 atom stereocenters. The van der Waals surface area contributed by atoms with Crippen LogP contribution in [0.4, 0.5) is 0 Å². The van der Waals surface area contributed by atoms with Crippen LogP contribution in [0.5, 0.6) is 0 Å². The van der Waals surface area contributed by atoms with E-state index in [2.05, 4.69) is 31.5 Å². The van der Waals surface area contributed by atoms with E-state index in [1.807, 2.05) is 22.2 Å². The number of halogens is 1. The van der Waals surface area contributed by atoms with Crippen LogP contribution in [-0.4, -0.2) is 27.7 Å². The molecule has 0 fully saturated rings. The first-order valence-corrected chi connectivity index (χ1v) is 8.00. The summed E-state index contributed by atoms with van der Waals surface area (Å²) in [5.41, 5.74) is 0.765. The fourth-order valence-corrected chi connectivity index (χ4v) is 2.82. The van der Waals surface area contributed by atoms with Gasteiger partial charge in [-0.25, -0.2) is 4.98 Å². The summed E-state index contributed by atoms with van der Waals surface area (Å²) in [7, 11) is 0. The number of nitrogens with one attached hydrogen (secondary N) is 2. The number of hydrogen-bond acceptors (Lipinski definition) is 5. The van der Waals surface area contributed by atoms with Crippen LogP contribution in [0.15, 0.2) is 39.0 Å². The lowest BCUT2D eigenvalue weighted by Crippen LogP contribution is -2.36. The van der Waals surface area contributed by atoms with Crippen molar-refractivity contribution < 1.29 is 14.0 Å². The van der Waals surface area contributed by atoms with Gasteiger partial charge in [-0.3, -0.25) is 14.0 Å². The Morgan fingerprint density at radius 2 is 2.23 bits per heavy atom. The molecule has 114 valence electrons. The second-order valence-electron chi connectivity index (χ2n) is 4.39. The van der Waals surface area contributed by atoms with Crippen molar-refractivity contribution in [1.82, 2.24) is 20.0 Å². The van der Waals surface area contributed by atoms with Crippen LogP contribution in [0.1, 0.15) is 16.2 Å². The van der Waals surface area contributed by atoms with E-state index < -0.39 is 5.91 Å². The highest BCUT2D eigenvalue weighted by atomic mass is 79.9. The molecule has 2 amide bonds. The lowest BCUT2D eigenvalue weighted by Gasteiger charge is -2.04. The number of carbonyl (C=O) groups is 2. The maximum Gasteiger partial charge on any atom is 0.287 e. The molecule has 0 radical (unpaired) electrons. The quantitative estimate of drug-likeness (QED) is 0.703. The van der Waals surface area contributed by atoms with Crippen molar-refractivity contribution in [2.45, 2.75) is 6.54 Å². The monoisotopic (exact) mass is 382 g/mol. The number of hydrogen-bond donors (Lipinski definition) is 2. The Morgan fingerprint density at radius 3 is 2.95 bits per heavy atom. The van der Waals surface area contributed by atoms with Crippen LogP contribution in [-0.2, 0) is 11.3 Å². The van der Waals surface area contributed by atoms with Gasteiger partial charge in [-0.2, -0.15) is 0 Å². The lowest BCUT2D eigenvalue weighted by molar-refractivity contribution is -0.120. The van der Waals surface area contributed by atoms with Crippen molar-refractivity contribution in [2.24, 2.45) is 0 Å². The van der Waals surface area contributed by atoms with E-state index in [1.54, 1.807) is 6.07 Å². The molecule has 9 heteroatoms. The van der Waals surface area contributed by atoms with Gasteiger partial charge in [-0.15, -0.1) is 11.3 Å². The molecule has 22 heavy (non-hydrogen) atoms. The third-order valence-electron chi connectivity index (χ3n) is 2.82. The van der Waals surface area contributed by atoms with E-state index in [0.29, 0.717) is 11.2 Å². The average molecular weight is 383 g/mol. The van der Waals surface area contributed by atoms with Crippen molar-refractivity contribution >= 4 is 44.0 Å². The third-order valence-corrected chi connectivity index (χ3v) is 4.01. The summed E-state index contributed by atoms with van der Waals surface area (Å²) in [6.07, 6.45) is 3.76. The SMILES string of the molecule is O=C(CNC(=O)c1ccc(Br)o1)NCc1cn2ccsc2n1. The van der Waals surface area contributed by atoms with Gasteiger partial charge in [0.1, 0.15) is 0 Å². The topological polar surface area (TPSA) is 88.6 Å². The molecule has 3 aromatic rings. The Balaban J connectivity index is 1.46. The molecule has 0 saturated heterocycles. The number of rotatable bonds is 5. The maximum absolute atomic E-state index is 11.7. The minimum atomic E-state index is -0.441. The van der Waals surface area contributed by atoms with Crippen LogP contribution < -0.4 is 10.6 Å². The van der Waals surface area contributed by atoms with Gasteiger partial charge in [-0.05, 0) is 28.1 Å². The molecule has 0 aromatic carbocycles. The van der Waals surface area contributed by atoms with Crippen molar-refractivity contribution in [3.8, 4) is 0 Å². The predicted molar refractivity (Wildman–Crippen MR) is 83.7 cm³/mol. The molecular weight excluding hydrogens is 372 g/mol. The lowest BCUT2D eigenvalue weighted by atomic mass is 10.4. The van der Waals surface area contributed by atoms with E-state index >= 15 is 0 Å². The van der Waals surface area contributed by atoms with Crippen LogP contribution in [0, 0.1) is 0 Å². The van der Waals surface area contributed by atoms with Crippen LogP contribution in [0.25, 0.3) is 4.96 Å². The summed E-state index contributed by atoms with van der Waals surface area (Å²) in [4.78, 5) is 28.6. The maximum atomic E-state index is 11.7. The molecule has 0 aliphatic carbocycles. The highest BCUT2D eigenvalue weighted by molar-refractivity contribution is 9.10. The normalized spacial score (nSPS) is 10.8. The molecule has 0 aliphatic rings. The Kier molecular flexibility index (Phi) is 4.25. The second kappa shape index (κ2) is 6.32. The van der Waals surface area contributed by atoms with Crippen LogP contribution in [0.3, 0.4) is 0 Å². The standard InChI is InChI=1S/C13H11BrN4O3S/c14-10-2-1-9(21-10)12(20)16-6-11(19)15-5-8-7-18-3-4-22-13(18)17-8/h1-4,7H,5-6H2,(H,15,19)(H,16,20). The highest BCUT2D eigenvalue weighted by Crippen LogP contribution is 2.13. The Labute approximate surface area is 137 Å². The van der Waals surface area contributed by atoms with Gasteiger partial charge in [-0.1, -0.05) is 0 Å². The van der Waals surface area contributed by atoms with E-state index in [1.165, 1.54) is 17.4 Å². The summed E-state index contributed by atoms with van der Waals surface area (Å²) in [5.74, 6) is -0.590. The first-order valence-electron chi connectivity index (χ1n) is 6.33. The van der Waals surface area contributed by atoms with E-state index in [9.17, 15) is 9.59 Å². The van der Waals surface area contributed by atoms with E-state index in [0.717, 1.165) is 10.7 Å². The summed E-state index contributed by atoms with van der Waals surface area (Å²) >= 11 is 4.63. The molecule has 0 unspecified atom stereocenters. The minimum Gasteiger partial charge on any atom is -0.444 e. The summed E-state index contributed by atoms with van der Waals surface area (Å²) in [6, 6.07) is 3.13. The van der Waals surface area contributed by atoms with Crippen LogP contribution >= 0.6 is 27.3 Å². The molecule has 2 N–H and O–H groups in total. The number of aromatic nitrogens is 2. The Hall–Kier alpha value is -2.13. The number of nitrogens with zero attached hydrogens (tertiary/aromatic N) is 2. The highest BCUT2D eigenvalue weighted by Gasteiger charge is 2.12. The van der Waals surface area contributed by atoms with Crippen molar-refractivity contribution in [3.05, 3.63) is 46.0 Å². The Bertz CT molecular complexity index is 794. The van der Waals surface area contributed by atoms with E-state index in [-0.39, 0.29) is 18.2 Å². The molecule has 0 bridgehead atoms. The van der Waals surface area contributed by atoms with Gasteiger partial charge in [0, 0.05) is 17.8 Å². The van der Waals surface area contributed by atoms with E-state index in [4.69, 9.17) is 4.42 Å². The number of carbonyl (C=O) groups excluding carboxylic acids is 2. The molecule has 3 aromatic heterocycles. The van der Waals surface area contributed by atoms with Gasteiger partial charge in [0.05, 0.1) is 18.8 Å². The van der Waals surface area contributed by atoms with Crippen molar-refractivity contribution in [3.63, 3.8) is 0 Å². The molecule has 0 saturated carbocycles. The largest absolute Gasteiger partial charge is 0.444 e. The Morgan fingerprint density at radius 1 is 1.36 bits per heavy atom. The zero-order valence-corrected chi connectivity index (χ0v) is 13.6. The fraction of sp³-hybridized carbons (Fsp3) is 0.154. The fourth-order valence-electron chi connectivity index (χ4n) is 1.80. The number of imidazole rings is 1. The number of amides is 2. The molecule has 7 nitrogen and oxygen atoms in total. The van der Waals surface area contributed by atoms with Crippen molar-refractivity contribution in [2.75, 3.05) is 6.54 Å². The van der Waals surface area contributed by atoms with Gasteiger partial charge in [0.15, 0.2) is 15.4 Å². The molecule has 0 spiro atoms. The second-order valence-corrected chi connectivity index (χ2v) is 6.04. The predicted octanol–water partition coefficient (Wildman–Crippen LogP) is 1.80. The number of fused-ring (bicyclic) bond motifs is 1. The molecule has 3 rings (SSSR count). The molecule has 3 heterocycles. The van der Waals surface area contributed by atoms with Gasteiger partial charge >= 0.3 is 0 Å². The smallest absolute Gasteiger partial charge is 0.287 e. The summed E-state index contributed by atoms with van der Waals surface area (Å²) in [6.45, 7) is 0.189. The molecular formula is C13H11BrN4O3S. The van der Waals surface area contributed by atoms with Gasteiger partial charge in [0.2, 0.25) is 5.91 Å². The number of thiazole rings is 1. The van der Waals surface area contributed by atoms with Gasteiger partial charge in [0.25, 0.3) is 5.91 Å². The first kappa shape index (κ1) is 14.8. The summed E-state index contributed by atoms with van der Waals surface area (Å²) in [5, 5.41) is 7.12. The first-order chi connectivity index (χ1) is 10.6. The van der Waals surface area contributed by atoms with Crippen LogP contribution in [0.2, 0.25) is 0 Å². The average Bonchev–Trinajstić information content (AvgIpc) is 3.17. The zero-order chi connectivity index (χ0) is 15.5. The van der Waals surface area contributed by atoms with Gasteiger partial charge < -0.3 is 15.1 Å².